The lowest BCUT2D eigenvalue weighted by Crippen LogP contribution is -2.48. The van der Waals surface area contributed by atoms with E-state index in [2.05, 4.69) is 18.1 Å². The highest BCUT2D eigenvalue weighted by atomic mass is 16.5. The quantitative estimate of drug-likeness (QED) is 0.611. The highest BCUT2D eigenvalue weighted by Gasteiger charge is 2.55. The Labute approximate surface area is 155 Å². The van der Waals surface area contributed by atoms with Crippen LogP contribution in [0.3, 0.4) is 0 Å². The van der Waals surface area contributed by atoms with E-state index in [1.54, 1.807) is 11.8 Å². The van der Waals surface area contributed by atoms with Crippen LogP contribution in [0.25, 0.3) is 0 Å². The van der Waals surface area contributed by atoms with Crippen molar-refractivity contribution in [3.05, 3.63) is 24.3 Å². The van der Waals surface area contributed by atoms with Gasteiger partial charge < -0.3 is 14.7 Å². The highest BCUT2D eigenvalue weighted by Crippen LogP contribution is 2.42. The Bertz CT molecular complexity index is 631. The summed E-state index contributed by atoms with van der Waals surface area (Å²) in [7, 11) is 0. The highest BCUT2D eigenvalue weighted by molar-refractivity contribution is 5.93. The SMILES string of the molecule is C=C1CN2C(=O)CCC2(C(=O)OCC)C1.C=C1CN2CCCC2(CO)C1. The van der Waals surface area contributed by atoms with E-state index < -0.39 is 5.54 Å². The van der Waals surface area contributed by atoms with E-state index in [0.29, 0.717) is 39.0 Å². The van der Waals surface area contributed by atoms with Crippen molar-refractivity contribution >= 4 is 11.9 Å². The second-order valence-corrected chi connectivity index (χ2v) is 7.99. The number of hydrogen-bond acceptors (Lipinski definition) is 5. The summed E-state index contributed by atoms with van der Waals surface area (Å²) in [5.41, 5.74) is 1.62. The van der Waals surface area contributed by atoms with E-state index in [0.717, 1.165) is 31.5 Å². The minimum absolute atomic E-state index is 0.0432. The molecular weight excluding hydrogens is 332 g/mol. The van der Waals surface area contributed by atoms with E-state index in [9.17, 15) is 14.7 Å². The van der Waals surface area contributed by atoms with Gasteiger partial charge >= 0.3 is 5.97 Å². The second-order valence-electron chi connectivity index (χ2n) is 7.99. The topological polar surface area (TPSA) is 70.1 Å². The smallest absolute Gasteiger partial charge is 0.332 e. The van der Waals surface area contributed by atoms with E-state index in [4.69, 9.17) is 4.74 Å². The van der Waals surface area contributed by atoms with Gasteiger partial charge in [0.2, 0.25) is 5.91 Å². The molecule has 6 nitrogen and oxygen atoms in total. The molecular formula is C20H30N2O4. The molecule has 6 heteroatoms. The average Bonchev–Trinajstić information content (AvgIpc) is 3.29. The second kappa shape index (κ2) is 7.16. The van der Waals surface area contributed by atoms with Gasteiger partial charge in [-0.25, -0.2) is 4.79 Å². The van der Waals surface area contributed by atoms with Gasteiger partial charge in [-0.2, -0.15) is 0 Å². The normalized spacial score (nSPS) is 33.2. The van der Waals surface area contributed by atoms with Gasteiger partial charge in [-0.1, -0.05) is 24.3 Å². The van der Waals surface area contributed by atoms with Crippen LogP contribution >= 0.6 is 0 Å². The number of amides is 1. The number of esters is 1. The Morgan fingerprint density at radius 1 is 1.23 bits per heavy atom. The maximum atomic E-state index is 11.9. The number of carbonyl (C=O) groups excluding carboxylic acids is 2. The minimum Gasteiger partial charge on any atom is -0.464 e. The van der Waals surface area contributed by atoms with Crippen molar-refractivity contribution in [2.24, 2.45) is 0 Å². The van der Waals surface area contributed by atoms with Crippen LogP contribution in [-0.2, 0) is 14.3 Å². The van der Waals surface area contributed by atoms with E-state index in [1.807, 2.05) is 0 Å². The first-order valence-electron chi connectivity index (χ1n) is 9.54. The summed E-state index contributed by atoms with van der Waals surface area (Å²) < 4.78 is 5.05. The van der Waals surface area contributed by atoms with Crippen molar-refractivity contribution in [2.45, 2.75) is 56.5 Å². The third-order valence-electron chi connectivity index (χ3n) is 6.18. The zero-order chi connectivity index (χ0) is 18.9. The zero-order valence-electron chi connectivity index (χ0n) is 15.8. The first-order chi connectivity index (χ1) is 12.4. The standard InChI is InChI=1S/C11H15NO3.C9H15NO/c1-3-15-10(14)11-5-4-9(13)12(11)7-8(2)6-11;1-8-5-9(7-11)3-2-4-10(9)6-8/h2-7H2,1H3;11H,1-7H2. The molecule has 4 heterocycles. The Hall–Kier alpha value is -1.66. The first kappa shape index (κ1) is 19.1. The monoisotopic (exact) mass is 362 g/mol. The van der Waals surface area contributed by atoms with Gasteiger partial charge in [0.25, 0.3) is 0 Å². The molecule has 0 bridgehead atoms. The lowest BCUT2D eigenvalue weighted by atomic mass is 9.93. The molecule has 2 unspecified atom stereocenters. The van der Waals surface area contributed by atoms with Gasteiger partial charge in [0.1, 0.15) is 5.54 Å². The molecule has 4 aliphatic rings. The largest absolute Gasteiger partial charge is 0.464 e. The third kappa shape index (κ3) is 3.09. The number of fused-ring (bicyclic) bond motifs is 2. The van der Waals surface area contributed by atoms with Crippen LogP contribution in [0.15, 0.2) is 24.3 Å². The summed E-state index contributed by atoms with van der Waals surface area (Å²) in [6.07, 6.45) is 5.01. The van der Waals surface area contributed by atoms with Crippen LogP contribution in [0.5, 0.6) is 0 Å². The van der Waals surface area contributed by atoms with Crippen LogP contribution < -0.4 is 0 Å². The lowest BCUT2D eigenvalue weighted by Gasteiger charge is -2.28. The summed E-state index contributed by atoms with van der Waals surface area (Å²) in [5, 5.41) is 9.26. The summed E-state index contributed by atoms with van der Waals surface area (Å²) in [6.45, 7) is 13.0. The predicted octanol–water partition coefficient (Wildman–Crippen LogP) is 1.64. The zero-order valence-corrected chi connectivity index (χ0v) is 15.8. The van der Waals surface area contributed by atoms with Gasteiger partial charge in [0.05, 0.1) is 13.2 Å². The molecule has 4 fully saturated rings. The molecule has 0 aromatic rings. The summed E-state index contributed by atoms with van der Waals surface area (Å²) >= 11 is 0. The molecule has 144 valence electrons. The van der Waals surface area contributed by atoms with Crippen molar-refractivity contribution in [3.63, 3.8) is 0 Å². The molecule has 4 aliphatic heterocycles. The summed E-state index contributed by atoms with van der Waals surface area (Å²) in [4.78, 5) is 27.5. The van der Waals surface area contributed by atoms with Gasteiger partial charge in [-0.05, 0) is 39.2 Å². The van der Waals surface area contributed by atoms with Gasteiger partial charge in [-0.3, -0.25) is 9.69 Å². The van der Waals surface area contributed by atoms with Crippen molar-refractivity contribution in [2.75, 3.05) is 32.8 Å². The summed E-state index contributed by atoms with van der Waals surface area (Å²) in [5.74, 6) is -0.226. The number of rotatable bonds is 3. The van der Waals surface area contributed by atoms with Crippen LogP contribution in [-0.4, -0.2) is 70.7 Å². The van der Waals surface area contributed by atoms with E-state index in [1.165, 1.54) is 12.0 Å². The molecule has 0 aromatic carbocycles. The molecule has 4 saturated heterocycles. The van der Waals surface area contributed by atoms with Crippen molar-refractivity contribution < 1.29 is 19.4 Å². The van der Waals surface area contributed by atoms with Crippen molar-refractivity contribution in [3.8, 4) is 0 Å². The number of carbonyl (C=O) groups is 2. The predicted molar refractivity (Wildman–Crippen MR) is 98.4 cm³/mol. The van der Waals surface area contributed by atoms with Gasteiger partial charge in [0, 0.05) is 31.5 Å². The maximum absolute atomic E-state index is 11.9. The Morgan fingerprint density at radius 2 is 1.96 bits per heavy atom. The Kier molecular flexibility index (Phi) is 5.26. The molecule has 0 aromatic heterocycles. The Morgan fingerprint density at radius 3 is 2.62 bits per heavy atom. The van der Waals surface area contributed by atoms with Crippen molar-refractivity contribution in [1.29, 1.82) is 0 Å². The number of nitrogens with zero attached hydrogens (tertiary/aromatic N) is 2. The molecule has 26 heavy (non-hydrogen) atoms. The van der Waals surface area contributed by atoms with Crippen molar-refractivity contribution in [1.82, 2.24) is 9.80 Å². The summed E-state index contributed by atoms with van der Waals surface area (Å²) in [6, 6.07) is 0. The molecule has 0 saturated carbocycles. The van der Waals surface area contributed by atoms with Crippen LogP contribution in [0.4, 0.5) is 0 Å². The number of ether oxygens (including phenoxy) is 1. The van der Waals surface area contributed by atoms with Crippen LogP contribution in [0, 0.1) is 0 Å². The molecule has 0 aliphatic carbocycles. The molecule has 0 radical (unpaired) electrons. The fourth-order valence-corrected chi connectivity index (χ4v) is 4.96. The maximum Gasteiger partial charge on any atom is 0.332 e. The molecule has 0 spiro atoms. The van der Waals surface area contributed by atoms with E-state index >= 15 is 0 Å². The first-order valence-corrected chi connectivity index (χ1v) is 9.54. The molecule has 1 N–H and O–H groups in total. The number of aliphatic hydroxyl groups is 1. The molecule has 1 amide bonds. The third-order valence-corrected chi connectivity index (χ3v) is 6.18. The Balaban J connectivity index is 0.000000158. The van der Waals surface area contributed by atoms with E-state index in [-0.39, 0.29) is 17.4 Å². The number of hydrogen-bond donors (Lipinski definition) is 1. The molecule has 2 atom stereocenters. The van der Waals surface area contributed by atoms with Gasteiger partial charge in [0.15, 0.2) is 0 Å². The van der Waals surface area contributed by atoms with Gasteiger partial charge in [-0.15, -0.1) is 0 Å². The van der Waals surface area contributed by atoms with Crippen LogP contribution in [0.2, 0.25) is 0 Å². The van der Waals surface area contributed by atoms with Crippen LogP contribution in [0.1, 0.15) is 45.4 Å². The fraction of sp³-hybridized carbons (Fsp3) is 0.700. The fourth-order valence-electron chi connectivity index (χ4n) is 4.96. The molecule has 4 rings (SSSR count). The lowest BCUT2D eigenvalue weighted by molar-refractivity contribution is -0.157. The average molecular weight is 362 g/mol. The minimum atomic E-state index is -0.718. The number of aliphatic hydroxyl groups excluding tert-OH is 1.